The molecule has 1 aliphatic heterocycles. The maximum atomic E-state index is 4.26. The lowest BCUT2D eigenvalue weighted by atomic mass is 10.2. The Labute approximate surface area is 90.7 Å². The lowest BCUT2D eigenvalue weighted by molar-refractivity contribution is 0.206. The molecule has 0 aliphatic carbocycles. The van der Waals surface area contributed by atoms with E-state index in [0.29, 0.717) is 6.04 Å². The molecule has 1 unspecified atom stereocenters. The molecule has 1 aromatic heterocycles. The van der Waals surface area contributed by atoms with Crippen molar-refractivity contribution in [3.05, 3.63) is 24.3 Å². The Balaban J connectivity index is 1.97. The minimum atomic E-state index is 0.615. The number of nitrogens with zero attached hydrogens (tertiary/aromatic N) is 3. The van der Waals surface area contributed by atoms with Gasteiger partial charge in [-0.2, -0.15) is 0 Å². The van der Waals surface area contributed by atoms with Gasteiger partial charge in [0.1, 0.15) is 5.82 Å². The second-order valence-electron chi connectivity index (χ2n) is 4.02. The summed E-state index contributed by atoms with van der Waals surface area (Å²) < 4.78 is 0. The highest BCUT2D eigenvalue weighted by molar-refractivity contribution is 4.89. The van der Waals surface area contributed by atoms with E-state index in [4.69, 9.17) is 0 Å². The van der Waals surface area contributed by atoms with E-state index in [2.05, 4.69) is 27.1 Å². The predicted octanol–water partition coefficient (Wildman–Crippen LogP) is 0.660. The Morgan fingerprint density at radius 3 is 3.00 bits per heavy atom. The highest BCUT2D eigenvalue weighted by Crippen LogP contribution is 2.08. The fraction of sp³-hybridized carbons (Fsp3) is 0.636. The Morgan fingerprint density at radius 1 is 1.40 bits per heavy atom. The van der Waals surface area contributed by atoms with Gasteiger partial charge in [-0.05, 0) is 26.0 Å². The van der Waals surface area contributed by atoms with Crippen LogP contribution in [0.2, 0.25) is 0 Å². The van der Waals surface area contributed by atoms with Gasteiger partial charge in [-0.3, -0.25) is 4.90 Å². The molecule has 2 heterocycles. The summed E-state index contributed by atoms with van der Waals surface area (Å²) in [6.07, 6.45) is 4.82. The second kappa shape index (κ2) is 5.19. The standard InChI is InChI=1S/C11H18N4/c1-10-3-6-12-7-8-15(10)9-11-13-4-2-5-14-11/h2,4-5,10,12H,3,6-9H2,1H3. The van der Waals surface area contributed by atoms with Gasteiger partial charge < -0.3 is 5.32 Å². The second-order valence-corrected chi connectivity index (χ2v) is 4.02. The van der Waals surface area contributed by atoms with Gasteiger partial charge in [0.2, 0.25) is 0 Å². The van der Waals surface area contributed by atoms with E-state index in [1.54, 1.807) is 0 Å². The Kier molecular flexibility index (Phi) is 3.64. The van der Waals surface area contributed by atoms with Crippen molar-refractivity contribution in [3.63, 3.8) is 0 Å². The smallest absolute Gasteiger partial charge is 0.142 e. The number of aromatic nitrogens is 2. The molecule has 0 amide bonds. The van der Waals surface area contributed by atoms with Crippen LogP contribution in [-0.4, -0.2) is 40.5 Å². The van der Waals surface area contributed by atoms with Crippen LogP contribution in [0.5, 0.6) is 0 Å². The molecule has 1 aliphatic rings. The molecule has 15 heavy (non-hydrogen) atoms. The number of nitrogens with one attached hydrogen (secondary N) is 1. The summed E-state index contributed by atoms with van der Waals surface area (Å²) in [4.78, 5) is 11.0. The van der Waals surface area contributed by atoms with E-state index in [1.807, 2.05) is 18.5 Å². The molecule has 1 aromatic rings. The van der Waals surface area contributed by atoms with Crippen molar-refractivity contribution in [3.8, 4) is 0 Å². The average Bonchev–Trinajstić information content (AvgIpc) is 2.46. The molecule has 2 rings (SSSR count). The molecule has 1 N–H and O–H groups in total. The minimum absolute atomic E-state index is 0.615. The van der Waals surface area contributed by atoms with Crippen LogP contribution in [0, 0.1) is 0 Å². The van der Waals surface area contributed by atoms with Gasteiger partial charge in [0.25, 0.3) is 0 Å². The zero-order valence-corrected chi connectivity index (χ0v) is 9.19. The fourth-order valence-corrected chi connectivity index (χ4v) is 1.89. The molecule has 82 valence electrons. The first-order valence-corrected chi connectivity index (χ1v) is 5.57. The topological polar surface area (TPSA) is 41.0 Å². The third kappa shape index (κ3) is 2.97. The zero-order valence-electron chi connectivity index (χ0n) is 9.19. The normalized spacial score (nSPS) is 23.7. The SMILES string of the molecule is CC1CCNCCN1Cc1ncccn1. The fourth-order valence-electron chi connectivity index (χ4n) is 1.89. The third-order valence-corrected chi connectivity index (χ3v) is 2.90. The van der Waals surface area contributed by atoms with Gasteiger partial charge in [-0.1, -0.05) is 0 Å². The molecular formula is C11H18N4. The molecule has 0 radical (unpaired) electrons. The van der Waals surface area contributed by atoms with Crippen molar-refractivity contribution in [2.45, 2.75) is 25.9 Å². The van der Waals surface area contributed by atoms with Gasteiger partial charge in [0.15, 0.2) is 0 Å². The first kappa shape index (κ1) is 10.5. The van der Waals surface area contributed by atoms with Crippen molar-refractivity contribution in [1.29, 1.82) is 0 Å². The molecule has 0 saturated carbocycles. The van der Waals surface area contributed by atoms with Crippen LogP contribution in [0.1, 0.15) is 19.2 Å². The van der Waals surface area contributed by atoms with Gasteiger partial charge >= 0.3 is 0 Å². The van der Waals surface area contributed by atoms with Crippen molar-refractivity contribution in [1.82, 2.24) is 20.2 Å². The zero-order chi connectivity index (χ0) is 10.5. The first-order chi connectivity index (χ1) is 7.36. The van der Waals surface area contributed by atoms with Crippen LogP contribution < -0.4 is 5.32 Å². The molecule has 1 saturated heterocycles. The lowest BCUT2D eigenvalue weighted by Gasteiger charge is -2.25. The quantitative estimate of drug-likeness (QED) is 0.772. The average molecular weight is 206 g/mol. The molecule has 0 spiro atoms. The van der Waals surface area contributed by atoms with Crippen LogP contribution >= 0.6 is 0 Å². The summed E-state index contributed by atoms with van der Waals surface area (Å²) in [7, 11) is 0. The molecule has 1 fully saturated rings. The Bertz CT molecular complexity index is 288. The molecule has 4 nitrogen and oxygen atoms in total. The van der Waals surface area contributed by atoms with Crippen molar-refractivity contribution in [2.24, 2.45) is 0 Å². The number of hydrogen-bond donors (Lipinski definition) is 1. The Morgan fingerprint density at radius 2 is 2.20 bits per heavy atom. The maximum absolute atomic E-state index is 4.26. The highest BCUT2D eigenvalue weighted by atomic mass is 15.2. The number of hydrogen-bond acceptors (Lipinski definition) is 4. The van der Waals surface area contributed by atoms with Gasteiger partial charge in [-0.15, -0.1) is 0 Å². The van der Waals surface area contributed by atoms with Gasteiger partial charge in [0, 0.05) is 31.5 Å². The van der Waals surface area contributed by atoms with E-state index < -0.39 is 0 Å². The van der Waals surface area contributed by atoms with Crippen LogP contribution in [0.4, 0.5) is 0 Å². The molecule has 0 aromatic carbocycles. The Hall–Kier alpha value is -1.00. The third-order valence-electron chi connectivity index (χ3n) is 2.90. The molecule has 4 heteroatoms. The molecular weight excluding hydrogens is 188 g/mol. The molecule has 0 bridgehead atoms. The summed E-state index contributed by atoms with van der Waals surface area (Å²) in [6.45, 7) is 6.41. The summed E-state index contributed by atoms with van der Waals surface area (Å²) in [5.41, 5.74) is 0. The van der Waals surface area contributed by atoms with E-state index in [-0.39, 0.29) is 0 Å². The summed E-state index contributed by atoms with van der Waals surface area (Å²) in [5, 5.41) is 3.41. The largest absolute Gasteiger partial charge is 0.315 e. The predicted molar refractivity (Wildman–Crippen MR) is 59.4 cm³/mol. The van der Waals surface area contributed by atoms with Crippen LogP contribution in [0.15, 0.2) is 18.5 Å². The summed E-state index contributed by atoms with van der Waals surface area (Å²) >= 11 is 0. The summed E-state index contributed by atoms with van der Waals surface area (Å²) in [5.74, 6) is 0.922. The van der Waals surface area contributed by atoms with E-state index in [0.717, 1.165) is 32.0 Å². The highest BCUT2D eigenvalue weighted by Gasteiger charge is 2.17. The first-order valence-electron chi connectivity index (χ1n) is 5.57. The maximum Gasteiger partial charge on any atom is 0.142 e. The van der Waals surface area contributed by atoms with Crippen molar-refractivity contribution < 1.29 is 0 Å². The van der Waals surface area contributed by atoms with E-state index in [9.17, 15) is 0 Å². The van der Waals surface area contributed by atoms with Crippen molar-refractivity contribution in [2.75, 3.05) is 19.6 Å². The molecule has 1 atom stereocenters. The van der Waals surface area contributed by atoms with E-state index in [1.165, 1.54) is 6.42 Å². The van der Waals surface area contributed by atoms with Crippen LogP contribution in [0.3, 0.4) is 0 Å². The lowest BCUT2D eigenvalue weighted by Crippen LogP contribution is -2.34. The number of rotatable bonds is 2. The monoisotopic (exact) mass is 206 g/mol. The van der Waals surface area contributed by atoms with Crippen LogP contribution in [0.25, 0.3) is 0 Å². The van der Waals surface area contributed by atoms with Gasteiger partial charge in [-0.25, -0.2) is 9.97 Å². The van der Waals surface area contributed by atoms with Gasteiger partial charge in [0.05, 0.1) is 6.54 Å². The van der Waals surface area contributed by atoms with E-state index >= 15 is 0 Å². The van der Waals surface area contributed by atoms with Crippen molar-refractivity contribution >= 4 is 0 Å². The summed E-state index contributed by atoms with van der Waals surface area (Å²) in [6, 6.07) is 2.47. The van der Waals surface area contributed by atoms with Crippen LogP contribution in [-0.2, 0) is 6.54 Å². The minimum Gasteiger partial charge on any atom is -0.315 e.